The summed E-state index contributed by atoms with van der Waals surface area (Å²) in [6.45, 7) is 3.93. The Hall–Kier alpha value is -3.03. The van der Waals surface area contributed by atoms with Crippen molar-refractivity contribution in [3.8, 4) is 5.75 Å². The number of hydrogen-bond donors (Lipinski definition) is 2. The summed E-state index contributed by atoms with van der Waals surface area (Å²) in [6.07, 6.45) is 0.685. The molecule has 0 fully saturated rings. The van der Waals surface area contributed by atoms with Gasteiger partial charge in [-0.1, -0.05) is 48.9 Å². The molecule has 168 valence electrons. The summed E-state index contributed by atoms with van der Waals surface area (Å²) >= 11 is 6.32. The minimum atomic E-state index is -3.75. The second-order valence-corrected chi connectivity index (χ2v) is 9.37. The van der Waals surface area contributed by atoms with E-state index in [1.54, 1.807) is 25.3 Å². The molecule has 6 nitrogen and oxygen atoms in total. The summed E-state index contributed by atoms with van der Waals surface area (Å²) in [6, 6.07) is 18.0. The average molecular weight is 473 g/mol. The molecule has 0 radical (unpaired) electrons. The smallest absolute Gasteiger partial charge is 0.261 e. The molecule has 0 aromatic heterocycles. The van der Waals surface area contributed by atoms with Gasteiger partial charge in [-0.25, -0.2) is 8.42 Å². The lowest BCUT2D eigenvalue weighted by atomic mass is 10.0. The van der Waals surface area contributed by atoms with E-state index in [2.05, 4.69) is 10.0 Å². The van der Waals surface area contributed by atoms with Crippen LogP contribution in [-0.4, -0.2) is 21.4 Å². The molecule has 1 atom stereocenters. The van der Waals surface area contributed by atoms with Gasteiger partial charge in [-0.05, 0) is 60.9 Å². The van der Waals surface area contributed by atoms with Gasteiger partial charge >= 0.3 is 0 Å². The maximum absolute atomic E-state index is 12.9. The number of ether oxygens (including phenoxy) is 1. The highest BCUT2D eigenvalue weighted by Gasteiger charge is 2.19. The van der Waals surface area contributed by atoms with Crippen LogP contribution in [0.2, 0.25) is 5.02 Å². The molecule has 0 aliphatic heterocycles. The topological polar surface area (TPSA) is 84.5 Å². The number of halogens is 1. The van der Waals surface area contributed by atoms with Crippen molar-refractivity contribution in [2.24, 2.45) is 0 Å². The molecule has 32 heavy (non-hydrogen) atoms. The lowest BCUT2D eigenvalue weighted by molar-refractivity contribution is 0.0935. The SMILES string of the molecule is CCC(NC(=O)c1ccc(NS(=O)(=O)c2ccccc2)cc1Cl)c1ccc(OC)c(C)c1. The highest BCUT2D eigenvalue weighted by Crippen LogP contribution is 2.27. The highest BCUT2D eigenvalue weighted by atomic mass is 35.5. The summed E-state index contributed by atoms with van der Waals surface area (Å²) in [5.74, 6) is 0.444. The normalized spacial score (nSPS) is 12.1. The van der Waals surface area contributed by atoms with Gasteiger partial charge in [-0.2, -0.15) is 0 Å². The van der Waals surface area contributed by atoms with Crippen molar-refractivity contribution in [3.63, 3.8) is 0 Å². The molecule has 1 unspecified atom stereocenters. The van der Waals surface area contributed by atoms with E-state index in [-0.39, 0.29) is 33.1 Å². The predicted molar refractivity (Wildman–Crippen MR) is 127 cm³/mol. The van der Waals surface area contributed by atoms with E-state index < -0.39 is 10.0 Å². The summed E-state index contributed by atoms with van der Waals surface area (Å²) in [4.78, 5) is 13.0. The first-order chi connectivity index (χ1) is 15.2. The molecule has 8 heteroatoms. The number of nitrogens with one attached hydrogen (secondary N) is 2. The van der Waals surface area contributed by atoms with Crippen molar-refractivity contribution in [1.29, 1.82) is 0 Å². The maximum atomic E-state index is 12.9. The third kappa shape index (κ3) is 5.41. The van der Waals surface area contributed by atoms with Crippen molar-refractivity contribution in [1.82, 2.24) is 5.32 Å². The molecule has 2 N–H and O–H groups in total. The summed E-state index contributed by atoms with van der Waals surface area (Å²) in [5.41, 5.74) is 2.47. The molecule has 0 heterocycles. The largest absolute Gasteiger partial charge is 0.496 e. The zero-order chi connectivity index (χ0) is 23.3. The van der Waals surface area contributed by atoms with Gasteiger partial charge in [0.25, 0.3) is 15.9 Å². The molecule has 0 aliphatic carbocycles. The van der Waals surface area contributed by atoms with E-state index in [9.17, 15) is 13.2 Å². The summed E-state index contributed by atoms with van der Waals surface area (Å²) in [5, 5.41) is 3.15. The van der Waals surface area contributed by atoms with Crippen LogP contribution in [0.15, 0.2) is 71.6 Å². The van der Waals surface area contributed by atoms with Gasteiger partial charge in [0.15, 0.2) is 0 Å². The predicted octanol–water partition coefficient (Wildman–Crippen LogP) is 5.34. The lowest BCUT2D eigenvalue weighted by Gasteiger charge is -2.19. The van der Waals surface area contributed by atoms with Gasteiger partial charge < -0.3 is 10.1 Å². The molecule has 0 spiro atoms. The number of carbonyl (C=O) groups excluding carboxylic acids is 1. The molecule has 0 bridgehead atoms. The van der Waals surface area contributed by atoms with Crippen molar-refractivity contribution in [2.45, 2.75) is 31.2 Å². The Morgan fingerprint density at radius 2 is 1.78 bits per heavy atom. The van der Waals surface area contributed by atoms with E-state index >= 15 is 0 Å². The number of methoxy groups -OCH3 is 1. The van der Waals surface area contributed by atoms with E-state index in [0.717, 1.165) is 16.9 Å². The van der Waals surface area contributed by atoms with Gasteiger partial charge in [0.05, 0.1) is 34.3 Å². The molecule has 3 aromatic rings. The Morgan fingerprint density at radius 3 is 2.38 bits per heavy atom. The Labute approximate surface area is 193 Å². The third-order valence-corrected chi connectivity index (χ3v) is 6.76. The zero-order valence-electron chi connectivity index (χ0n) is 18.1. The average Bonchev–Trinajstić information content (AvgIpc) is 2.77. The van der Waals surface area contributed by atoms with Crippen LogP contribution in [0.4, 0.5) is 5.69 Å². The van der Waals surface area contributed by atoms with Gasteiger partial charge in [0, 0.05) is 0 Å². The third-order valence-electron chi connectivity index (χ3n) is 5.05. The Morgan fingerprint density at radius 1 is 1.06 bits per heavy atom. The van der Waals surface area contributed by atoms with Crippen LogP contribution in [0.1, 0.15) is 40.9 Å². The molecular weight excluding hydrogens is 448 g/mol. The van der Waals surface area contributed by atoms with Crippen molar-refractivity contribution >= 4 is 33.2 Å². The Balaban J connectivity index is 1.76. The number of rotatable bonds is 8. The monoisotopic (exact) mass is 472 g/mol. The second kappa shape index (κ2) is 10.1. The first-order valence-corrected chi connectivity index (χ1v) is 11.9. The van der Waals surface area contributed by atoms with Crippen LogP contribution in [0, 0.1) is 6.92 Å². The van der Waals surface area contributed by atoms with Crippen molar-refractivity contribution < 1.29 is 17.9 Å². The minimum absolute atomic E-state index is 0.138. The van der Waals surface area contributed by atoms with Crippen LogP contribution < -0.4 is 14.8 Å². The molecule has 0 saturated heterocycles. The molecule has 0 aliphatic rings. The van der Waals surface area contributed by atoms with Crippen LogP contribution in [0.3, 0.4) is 0 Å². The lowest BCUT2D eigenvalue weighted by Crippen LogP contribution is -2.28. The van der Waals surface area contributed by atoms with Crippen LogP contribution in [0.25, 0.3) is 0 Å². The number of sulfonamides is 1. The first-order valence-electron chi connectivity index (χ1n) is 10.1. The summed E-state index contributed by atoms with van der Waals surface area (Å²) in [7, 11) is -2.13. The Kier molecular flexibility index (Phi) is 7.43. The molecule has 3 rings (SSSR count). The van der Waals surface area contributed by atoms with E-state index in [4.69, 9.17) is 16.3 Å². The zero-order valence-corrected chi connectivity index (χ0v) is 19.6. The van der Waals surface area contributed by atoms with Gasteiger partial charge in [-0.15, -0.1) is 0 Å². The van der Waals surface area contributed by atoms with Crippen LogP contribution >= 0.6 is 11.6 Å². The second-order valence-electron chi connectivity index (χ2n) is 7.28. The van der Waals surface area contributed by atoms with Crippen molar-refractivity contribution in [2.75, 3.05) is 11.8 Å². The minimum Gasteiger partial charge on any atom is -0.496 e. The Bertz CT molecular complexity index is 1210. The molecule has 1 amide bonds. The summed E-state index contributed by atoms with van der Waals surface area (Å²) < 4.78 is 32.8. The van der Waals surface area contributed by atoms with E-state index in [1.807, 2.05) is 32.0 Å². The van der Waals surface area contributed by atoms with E-state index in [0.29, 0.717) is 6.42 Å². The number of carbonyl (C=O) groups is 1. The molecular formula is C24H25ClN2O4S. The maximum Gasteiger partial charge on any atom is 0.261 e. The first kappa shape index (κ1) is 23.6. The number of amides is 1. The number of hydrogen-bond acceptors (Lipinski definition) is 4. The molecule has 0 saturated carbocycles. The van der Waals surface area contributed by atoms with Crippen LogP contribution in [0.5, 0.6) is 5.75 Å². The quantitative estimate of drug-likeness (QED) is 0.463. The van der Waals surface area contributed by atoms with Crippen molar-refractivity contribution in [3.05, 3.63) is 88.4 Å². The van der Waals surface area contributed by atoms with Crippen LogP contribution in [-0.2, 0) is 10.0 Å². The van der Waals surface area contributed by atoms with E-state index in [1.165, 1.54) is 30.3 Å². The fraction of sp³-hybridized carbons (Fsp3) is 0.208. The fourth-order valence-electron chi connectivity index (χ4n) is 3.35. The standard InChI is InChI=1S/C24H25ClN2O4S/c1-4-22(17-10-13-23(31-3)16(2)14-17)26-24(28)20-12-11-18(15-21(20)25)27-32(29,30)19-8-6-5-7-9-19/h5-15,22,27H,4H2,1-3H3,(H,26,28). The highest BCUT2D eigenvalue weighted by molar-refractivity contribution is 7.92. The van der Waals surface area contributed by atoms with Gasteiger partial charge in [-0.3, -0.25) is 9.52 Å². The van der Waals surface area contributed by atoms with Gasteiger partial charge in [0.2, 0.25) is 0 Å². The fourth-order valence-corrected chi connectivity index (χ4v) is 4.69. The van der Waals surface area contributed by atoms with Gasteiger partial charge in [0.1, 0.15) is 5.75 Å². The number of benzene rings is 3. The number of aryl methyl sites for hydroxylation is 1. The number of anilines is 1. The molecule has 3 aromatic carbocycles.